The van der Waals surface area contributed by atoms with E-state index in [1.54, 1.807) is 12.2 Å². The van der Waals surface area contributed by atoms with Gasteiger partial charge in [-0.05, 0) is 24.3 Å². The Kier molecular flexibility index (Phi) is 5.85. The van der Waals surface area contributed by atoms with Crippen molar-refractivity contribution in [3.05, 3.63) is 91.8 Å². The molecule has 0 aromatic heterocycles. The molecule has 0 spiro atoms. The molecule has 1 amide bonds. The summed E-state index contributed by atoms with van der Waals surface area (Å²) in [7, 11) is 0. The highest BCUT2D eigenvalue weighted by Crippen LogP contribution is 2.30. The minimum Gasteiger partial charge on any atom is -0.276 e. The molecule has 29 heavy (non-hydrogen) atoms. The summed E-state index contributed by atoms with van der Waals surface area (Å²) in [5.74, 6) is -0.459. The zero-order chi connectivity index (χ0) is 21.1. The number of hydrogen-bond acceptors (Lipinski definition) is 7. The predicted octanol–water partition coefficient (Wildman–Crippen LogP) is 4.00. The minimum atomic E-state index is -0.546. The normalized spacial score (nSPS) is 15.9. The Labute approximate surface area is 175 Å². The first-order chi connectivity index (χ1) is 13.8. The Bertz CT molecular complexity index is 1070. The number of anilines is 1. The largest absolute Gasteiger partial charge is 0.276 e. The molecular formula is C19H13N3O5S2. The van der Waals surface area contributed by atoms with E-state index < -0.39 is 15.8 Å². The van der Waals surface area contributed by atoms with Crippen LogP contribution in [0.3, 0.4) is 0 Å². The van der Waals surface area contributed by atoms with Gasteiger partial charge in [-0.15, -0.1) is 0 Å². The number of non-ortho nitro benzene ring substituents is 1. The lowest BCUT2D eigenvalue weighted by Crippen LogP contribution is -2.37. The van der Waals surface area contributed by atoms with Crippen molar-refractivity contribution < 1.29 is 14.6 Å². The lowest BCUT2D eigenvalue weighted by atomic mass is 10.0. The van der Waals surface area contributed by atoms with Crippen LogP contribution in [0.25, 0.3) is 0 Å². The third-order valence-electron chi connectivity index (χ3n) is 4.29. The quantitative estimate of drug-likeness (QED) is 0.397. The molecule has 0 bridgehead atoms. The summed E-state index contributed by atoms with van der Waals surface area (Å²) < 4.78 is 0. The van der Waals surface area contributed by atoms with E-state index in [9.17, 15) is 25.0 Å². The van der Waals surface area contributed by atoms with E-state index in [-0.39, 0.29) is 22.7 Å². The van der Waals surface area contributed by atoms with E-state index in [0.29, 0.717) is 28.2 Å². The fourth-order valence-corrected chi connectivity index (χ4v) is 3.41. The first-order valence-corrected chi connectivity index (χ1v) is 9.18. The van der Waals surface area contributed by atoms with Crippen LogP contribution in [0.1, 0.15) is 12.8 Å². The van der Waals surface area contributed by atoms with Gasteiger partial charge in [-0.1, -0.05) is 36.6 Å². The first kappa shape index (κ1) is 20.4. The number of benzene rings is 1. The molecule has 1 aromatic rings. The standard InChI is InChI=1S/C19H13N3O5S2/c23-19(15-3-1-2-4-17(15)28)20(12-5-7-13(8-6-12)21(24)25)16-10-9-14(22(26)27)11-18(16)29/h1-3,5-10H,4,11H2. The van der Waals surface area contributed by atoms with E-state index in [1.807, 2.05) is 6.08 Å². The lowest BCUT2D eigenvalue weighted by molar-refractivity contribution is -0.426. The summed E-state index contributed by atoms with van der Waals surface area (Å²) >= 11 is 10.6. The van der Waals surface area contributed by atoms with Gasteiger partial charge in [-0.3, -0.25) is 29.9 Å². The van der Waals surface area contributed by atoms with Crippen molar-refractivity contribution in [1.29, 1.82) is 0 Å². The van der Waals surface area contributed by atoms with Gasteiger partial charge < -0.3 is 0 Å². The van der Waals surface area contributed by atoms with Gasteiger partial charge >= 0.3 is 0 Å². The summed E-state index contributed by atoms with van der Waals surface area (Å²) in [5.41, 5.74) is 0.721. The van der Waals surface area contributed by atoms with Gasteiger partial charge in [0.25, 0.3) is 17.3 Å². The zero-order valence-corrected chi connectivity index (χ0v) is 16.4. The van der Waals surface area contributed by atoms with Crippen molar-refractivity contribution in [2.24, 2.45) is 0 Å². The molecule has 3 rings (SSSR count). The molecule has 0 saturated heterocycles. The van der Waals surface area contributed by atoms with Crippen LogP contribution in [0.15, 0.2) is 71.6 Å². The van der Waals surface area contributed by atoms with Crippen LogP contribution in [0.5, 0.6) is 0 Å². The van der Waals surface area contributed by atoms with Gasteiger partial charge in [-0.25, -0.2) is 0 Å². The molecule has 2 aliphatic rings. The van der Waals surface area contributed by atoms with Crippen LogP contribution < -0.4 is 4.90 Å². The second kappa shape index (κ2) is 8.33. The van der Waals surface area contributed by atoms with Gasteiger partial charge in [0.1, 0.15) is 0 Å². The maximum atomic E-state index is 13.3. The van der Waals surface area contributed by atoms with Crippen molar-refractivity contribution >= 4 is 51.4 Å². The fourth-order valence-electron chi connectivity index (χ4n) is 2.85. The number of carbonyl (C=O) groups excluding carboxylic acids is 1. The predicted molar refractivity (Wildman–Crippen MR) is 115 cm³/mol. The summed E-state index contributed by atoms with van der Waals surface area (Å²) in [6.45, 7) is 0. The molecule has 0 atom stereocenters. The van der Waals surface area contributed by atoms with Crippen molar-refractivity contribution in [2.75, 3.05) is 4.90 Å². The molecule has 10 heteroatoms. The number of nitro groups is 2. The van der Waals surface area contributed by atoms with Crippen LogP contribution in [0, 0.1) is 20.2 Å². The second-order valence-electron chi connectivity index (χ2n) is 6.12. The average Bonchev–Trinajstić information content (AvgIpc) is 2.69. The average molecular weight is 427 g/mol. The van der Waals surface area contributed by atoms with Crippen molar-refractivity contribution in [3.63, 3.8) is 0 Å². The van der Waals surface area contributed by atoms with Crippen molar-refractivity contribution in [1.82, 2.24) is 0 Å². The third kappa shape index (κ3) is 4.23. The lowest BCUT2D eigenvalue weighted by Gasteiger charge is -2.28. The van der Waals surface area contributed by atoms with Gasteiger partial charge in [-0.2, -0.15) is 0 Å². The molecule has 0 heterocycles. The fraction of sp³-hybridized carbons (Fsp3) is 0.105. The number of allylic oxidation sites excluding steroid dienone is 7. The topological polar surface area (TPSA) is 107 Å². The van der Waals surface area contributed by atoms with Gasteiger partial charge in [0.2, 0.25) is 0 Å². The SMILES string of the molecule is O=C(C1=CC=CCC1=S)N(C1=CC=C([N+](=O)[O-])CC1=S)c1ccc([N+](=O)[O-])cc1. The number of carbonyl (C=O) groups is 1. The van der Waals surface area contributed by atoms with Crippen LogP contribution in [0.4, 0.5) is 11.4 Å². The number of nitro benzene ring substituents is 1. The van der Waals surface area contributed by atoms with Gasteiger partial charge in [0.05, 0.1) is 32.4 Å². The van der Waals surface area contributed by atoms with E-state index in [1.165, 1.54) is 41.3 Å². The molecule has 8 nitrogen and oxygen atoms in total. The second-order valence-corrected chi connectivity index (χ2v) is 7.10. The zero-order valence-electron chi connectivity index (χ0n) is 14.8. The van der Waals surface area contributed by atoms with Crippen LogP contribution in [0.2, 0.25) is 0 Å². The molecule has 0 radical (unpaired) electrons. The first-order valence-electron chi connectivity index (χ1n) is 8.37. The van der Waals surface area contributed by atoms with E-state index in [2.05, 4.69) is 0 Å². The van der Waals surface area contributed by atoms with Crippen molar-refractivity contribution in [2.45, 2.75) is 12.8 Å². The molecule has 146 valence electrons. The van der Waals surface area contributed by atoms with Crippen molar-refractivity contribution in [3.8, 4) is 0 Å². The molecule has 0 aliphatic heterocycles. The van der Waals surface area contributed by atoms with E-state index in [4.69, 9.17) is 24.4 Å². The number of nitrogens with zero attached hydrogens (tertiary/aromatic N) is 3. The molecule has 0 fully saturated rings. The number of thiocarbonyl (C=S) groups is 2. The molecule has 2 aliphatic carbocycles. The maximum Gasteiger partial charge on any atom is 0.269 e. The smallest absolute Gasteiger partial charge is 0.269 e. The highest BCUT2D eigenvalue weighted by atomic mass is 32.1. The highest BCUT2D eigenvalue weighted by molar-refractivity contribution is 7.81. The monoisotopic (exact) mass is 427 g/mol. The molecule has 0 N–H and O–H groups in total. The highest BCUT2D eigenvalue weighted by Gasteiger charge is 2.31. The Morgan fingerprint density at radius 3 is 2.21 bits per heavy atom. The van der Waals surface area contributed by atoms with Gasteiger partial charge in [0, 0.05) is 35.2 Å². The van der Waals surface area contributed by atoms with Crippen LogP contribution in [-0.4, -0.2) is 25.5 Å². The van der Waals surface area contributed by atoms with E-state index >= 15 is 0 Å². The minimum absolute atomic E-state index is 0.0785. The summed E-state index contributed by atoms with van der Waals surface area (Å²) in [6, 6.07) is 5.39. The number of amides is 1. The number of hydrogen-bond donors (Lipinski definition) is 0. The Balaban J connectivity index is 2.10. The van der Waals surface area contributed by atoms with Gasteiger partial charge in [0.15, 0.2) is 0 Å². The number of rotatable bonds is 5. The summed E-state index contributed by atoms with van der Waals surface area (Å²) in [6.07, 6.45) is 8.18. The molecule has 0 unspecified atom stereocenters. The third-order valence-corrected chi connectivity index (χ3v) is 5.03. The summed E-state index contributed by atoms with van der Waals surface area (Å²) in [5, 5.41) is 22.0. The molecule has 0 saturated carbocycles. The Morgan fingerprint density at radius 1 is 0.966 bits per heavy atom. The molecule has 1 aromatic carbocycles. The van der Waals surface area contributed by atoms with Crippen LogP contribution in [-0.2, 0) is 4.79 Å². The Morgan fingerprint density at radius 2 is 1.66 bits per heavy atom. The van der Waals surface area contributed by atoms with Crippen LogP contribution >= 0.6 is 24.4 Å². The maximum absolute atomic E-state index is 13.3. The van der Waals surface area contributed by atoms with E-state index in [0.717, 1.165) is 0 Å². The Hall–Kier alpha value is -3.37. The summed E-state index contributed by atoms with van der Waals surface area (Å²) in [4.78, 5) is 36.2. The molecular weight excluding hydrogens is 414 g/mol.